The minimum atomic E-state index is -0.599. The van der Waals surface area contributed by atoms with Crippen molar-refractivity contribution in [3.05, 3.63) is 69.6 Å². The number of hydrogen-bond donors (Lipinski definition) is 3. The maximum atomic E-state index is 13.0. The lowest BCUT2D eigenvalue weighted by Gasteiger charge is -2.56. The summed E-state index contributed by atoms with van der Waals surface area (Å²) in [5, 5.41) is 13.7. The summed E-state index contributed by atoms with van der Waals surface area (Å²) in [6.45, 7) is 0.927. The van der Waals surface area contributed by atoms with Gasteiger partial charge in [-0.05, 0) is 81.0 Å². The van der Waals surface area contributed by atoms with Crippen molar-refractivity contribution in [2.75, 3.05) is 13.6 Å². The van der Waals surface area contributed by atoms with Gasteiger partial charge in [-0.25, -0.2) is 0 Å². The lowest BCUT2D eigenvalue weighted by Crippen LogP contribution is -2.60. The molecule has 1 aromatic heterocycles. The van der Waals surface area contributed by atoms with Gasteiger partial charge in [-0.1, -0.05) is 30.3 Å². The van der Waals surface area contributed by atoms with Gasteiger partial charge in [0, 0.05) is 24.3 Å². The standard InChI is InChI=1S/C26H33N3O3/c1-29(16-23(30)20-5-3-2-4-6-20)15-21-7-8-22(24(31)27-21)25(32)28-26-12-17-9-18(13-26)11-19(10-17)14-26/h2-8,17-19,23,30H,9-16H2,1H3,(H,27,31)(H,28,32). The second-order valence-corrected chi connectivity index (χ2v) is 10.5. The van der Waals surface area contributed by atoms with Gasteiger partial charge < -0.3 is 15.4 Å². The van der Waals surface area contributed by atoms with E-state index in [0.717, 1.165) is 48.3 Å². The number of carbonyl (C=O) groups excluding carboxylic acids is 1. The van der Waals surface area contributed by atoms with Gasteiger partial charge in [0.25, 0.3) is 11.5 Å². The zero-order valence-electron chi connectivity index (χ0n) is 18.7. The molecule has 0 spiro atoms. The maximum absolute atomic E-state index is 13.0. The number of nitrogens with one attached hydrogen (secondary N) is 2. The number of aromatic nitrogens is 1. The van der Waals surface area contributed by atoms with E-state index in [1.54, 1.807) is 12.1 Å². The Labute approximate surface area is 189 Å². The molecule has 4 bridgehead atoms. The monoisotopic (exact) mass is 435 g/mol. The Kier molecular flexibility index (Phi) is 5.68. The molecule has 3 N–H and O–H groups in total. The molecular weight excluding hydrogens is 402 g/mol. The number of nitrogens with zero attached hydrogens (tertiary/aromatic N) is 1. The van der Waals surface area contributed by atoms with E-state index in [2.05, 4.69) is 10.3 Å². The van der Waals surface area contributed by atoms with E-state index < -0.39 is 6.10 Å². The van der Waals surface area contributed by atoms with Gasteiger partial charge >= 0.3 is 0 Å². The molecule has 1 aromatic carbocycles. The van der Waals surface area contributed by atoms with Gasteiger partial charge in [-0.3, -0.25) is 14.5 Å². The third-order valence-corrected chi connectivity index (χ3v) is 7.74. The number of aliphatic hydroxyl groups is 1. The molecule has 6 rings (SSSR count). The number of pyridine rings is 1. The van der Waals surface area contributed by atoms with Crippen LogP contribution in [-0.4, -0.2) is 40.0 Å². The quantitative estimate of drug-likeness (QED) is 0.623. The van der Waals surface area contributed by atoms with E-state index in [4.69, 9.17) is 0 Å². The van der Waals surface area contributed by atoms with Gasteiger partial charge in [-0.15, -0.1) is 0 Å². The van der Waals surface area contributed by atoms with Crippen LogP contribution < -0.4 is 10.9 Å². The number of aromatic amines is 1. The Hall–Kier alpha value is -2.44. The Morgan fingerprint density at radius 2 is 1.72 bits per heavy atom. The largest absolute Gasteiger partial charge is 0.387 e. The van der Waals surface area contributed by atoms with Crippen LogP contribution in [0.5, 0.6) is 0 Å². The molecule has 1 heterocycles. The molecule has 0 aliphatic heterocycles. The summed E-state index contributed by atoms with van der Waals surface area (Å²) in [7, 11) is 1.90. The highest BCUT2D eigenvalue weighted by Gasteiger charge is 2.51. The number of carbonyl (C=O) groups is 1. The molecule has 170 valence electrons. The molecule has 4 aliphatic rings. The number of H-pyrrole nitrogens is 1. The highest BCUT2D eigenvalue weighted by molar-refractivity contribution is 5.94. The molecule has 1 unspecified atom stereocenters. The van der Waals surface area contributed by atoms with Crippen molar-refractivity contribution in [2.24, 2.45) is 17.8 Å². The zero-order valence-corrected chi connectivity index (χ0v) is 18.7. The van der Waals surface area contributed by atoms with Crippen LogP contribution in [0.15, 0.2) is 47.3 Å². The van der Waals surface area contributed by atoms with Crippen LogP contribution in [0.1, 0.15) is 66.2 Å². The maximum Gasteiger partial charge on any atom is 0.261 e. The molecule has 4 aliphatic carbocycles. The van der Waals surface area contributed by atoms with E-state index in [0.29, 0.717) is 13.1 Å². The topological polar surface area (TPSA) is 85.4 Å². The van der Waals surface area contributed by atoms with Crippen LogP contribution in [-0.2, 0) is 6.54 Å². The third kappa shape index (κ3) is 4.39. The fourth-order valence-electron chi connectivity index (χ4n) is 6.79. The first-order chi connectivity index (χ1) is 15.4. The number of likely N-dealkylation sites (N-methyl/N-ethyl adjacent to an activating group) is 1. The first-order valence-electron chi connectivity index (χ1n) is 11.9. The van der Waals surface area contributed by atoms with Crippen molar-refractivity contribution in [3.63, 3.8) is 0 Å². The van der Waals surface area contributed by atoms with Crippen molar-refractivity contribution in [1.29, 1.82) is 0 Å². The summed E-state index contributed by atoms with van der Waals surface area (Å²) >= 11 is 0. The number of aliphatic hydroxyl groups excluding tert-OH is 1. The van der Waals surface area contributed by atoms with Crippen molar-refractivity contribution in [1.82, 2.24) is 15.2 Å². The van der Waals surface area contributed by atoms with E-state index in [1.807, 2.05) is 42.3 Å². The van der Waals surface area contributed by atoms with Crippen molar-refractivity contribution >= 4 is 5.91 Å². The minimum Gasteiger partial charge on any atom is -0.387 e. The Bertz CT molecular complexity index is 997. The van der Waals surface area contributed by atoms with Crippen LogP contribution in [0.2, 0.25) is 0 Å². The minimum absolute atomic E-state index is 0.106. The molecule has 0 saturated heterocycles. The van der Waals surface area contributed by atoms with Gasteiger partial charge in [0.05, 0.1) is 6.10 Å². The third-order valence-electron chi connectivity index (χ3n) is 7.74. The van der Waals surface area contributed by atoms with Crippen molar-refractivity contribution in [3.8, 4) is 0 Å². The SMILES string of the molecule is CN(Cc1ccc(C(=O)NC23CC4CC(CC(C4)C2)C3)c(=O)[nH]1)CC(O)c1ccccc1. The van der Waals surface area contributed by atoms with Crippen molar-refractivity contribution < 1.29 is 9.90 Å². The van der Waals surface area contributed by atoms with Crippen LogP contribution >= 0.6 is 0 Å². The summed E-state index contributed by atoms with van der Waals surface area (Å²) in [6, 6.07) is 13.0. The van der Waals surface area contributed by atoms with E-state index in [9.17, 15) is 14.7 Å². The normalized spacial score (nSPS) is 29.3. The molecule has 32 heavy (non-hydrogen) atoms. The van der Waals surface area contributed by atoms with E-state index in [1.165, 1.54) is 19.3 Å². The molecule has 0 radical (unpaired) electrons. The van der Waals surface area contributed by atoms with Gasteiger partial charge in [0.15, 0.2) is 0 Å². The molecule has 2 aromatic rings. The highest BCUT2D eigenvalue weighted by atomic mass is 16.3. The molecule has 1 atom stereocenters. The second kappa shape index (κ2) is 8.49. The first kappa shape index (κ1) is 21.4. The van der Waals surface area contributed by atoms with Crippen LogP contribution in [0, 0.1) is 17.8 Å². The summed E-state index contributed by atoms with van der Waals surface area (Å²) in [4.78, 5) is 30.5. The second-order valence-electron chi connectivity index (χ2n) is 10.5. The average Bonchev–Trinajstić information content (AvgIpc) is 2.73. The average molecular weight is 436 g/mol. The summed E-state index contributed by atoms with van der Waals surface area (Å²) in [5.74, 6) is 1.98. The van der Waals surface area contributed by atoms with Crippen LogP contribution in [0.25, 0.3) is 0 Å². The lowest BCUT2D eigenvalue weighted by atomic mass is 9.53. The predicted molar refractivity (Wildman–Crippen MR) is 123 cm³/mol. The first-order valence-corrected chi connectivity index (χ1v) is 11.9. The van der Waals surface area contributed by atoms with E-state index in [-0.39, 0.29) is 22.6 Å². The highest BCUT2D eigenvalue weighted by Crippen LogP contribution is 2.55. The summed E-state index contributed by atoms with van der Waals surface area (Å²) < 4.78 is 0. The Morgan fingerprint density at radius 3 is 2.31 bits per heavy atom. The molecule has 6 heteroatoms. The van der Waals surface area contributed by atoms with Gasteiger partial charge in [0.1, 0.15) is 5.56 Å². The molecule has 4 fully saturated rings. The molecule has 1 amide bonds. The molecule has 6 nitrogen and oxygen atoms in total. The fraction of sp³-hybridized carbons (Fsp3) is 0.538. The van der Waals surface area contributed by atoms with Gasteiger partial charge in [0.2, 0.25) is 0 Å². The van der Waals surface area contributed by atoms with E-state index >= 15 is 0 Å². The number of benzene rings is 1. The fourth-order valence-corrected chi connectivity index (χ4v) is 6.79. The van der Waals surface area contributed by atoms with Crippen LogP contribution in [0.4, 0.5) is 0 Å². The lowest BCUT2D eigenvalue weighted by molar-refractivity contribution is -0.0167. The zero-order chi connectivity index (χ0) is 22.3. The molecule has 4 saturated carbocycles. The number of amides is 1. The Balaban J connectivity index is 1.21. The number of hydrogen-bond acceptors (Lipinski definition) is 4. The van der Waals surface area contributed by atoms with Crippen molar-refractivity contribution in [2.45, 2.75) is 56.7 Å². The molecular formula is C26H33N3O3. The predicted octanol–water partition coefficient (Wildman–Crippen LogP) is 3.24. The van der Waals surface area contributed by atoms with Crippen LogP contribution in [0.3, 0.4) is 0 Å². The smallest absolute Gasteiger partial charge is 0.261 e. The number of rotatable bonds is 7. The van der Waals surface area contributed by atoms with Gasteiger partial charge in [-0.2, -0.15) is 0 Å². The summed E-state index contributed by atoms with van der Waals surface area (Å²) in [5.41, 5.74) is 1.33. The Morgan fingerprint density at radius 1 is 1.09 bits per heavy atom. The summed E-state index contributed by atoms with van der Waals surface area (Å²) in [6.07, 6.45) is 6.54.